The highest BCUT2D eigenvalue weighted by molar-refractivity contribution is 9.10. The van der Waals surface area contributed by atoms with Gasteiger partial charge in [-0.3, -0.25) is 4.99 Å². The first-order valence-corrected chi connectivity index (χ1v) is 9.42. The molecule has 0 fully saturated rings. The normalized spacial score (nSPS) is 13.0. The molecule has 3 aromatic rings. The van der Waals surface area contributed by atoms with E-state index in [1.165, 1.54) is 31.9 Å². The fraction of sp³-hybridized carbons (Fsp3) is 0.190. The smallest absolute Gasteiger partial charge is 0.103 e. The lowest BCUT2D eigenvalue weighted by Gasteiger charge is -2.26. The maximum Gasteiger partial charge on any atom is 0.103 e. The van der Waals surface area contributed by atoms with Gasteiger partial charge in [0.1, 0.15) is 5.84 Å². The minimum Gasteiger partial charge on any atom is -0.366 e. The Labute approximate surface area is 173 Å². The summed E-state index contributed by atoms with van der Waals surface area (Å²) in [6, 6.07) is 16.6. The molecule has 0 N–H and O–H groups in total. The molecule has 1 aliphatic rings. The summed E-state index contributed by atoms with van der Waals surface area (Å²) in [5.74, 6) is 1.11. The number of nitrogens with zero attached hydrogens (tertiary/aromatic N) is 2. The summed E-state index contributed by atoms with van der Waals surface area (Å²) in [5.41, 5.74) is 4.87. The van der Waals surface area contributed by atoms with Gasteiger partial charge in [-0.1, -0.05) is 54.1 Å². The van der Waals surface area contributed by atoms with Gasteiger partial charge in [-0.25, -0.2) is 0 Å². The number of halogens is 3. The van der Waals surface area contributed by atoms with Crippen LogP contribution in [0.3, 0.4) is 0 Å². The van der Waals surface area contributed by atoms with Crippen molar-refractivity contribution in [2.75, 3.05) is 14.1 Å². The second kappa shape index (κ2) is 7.59. The molecule has 0 saturated heterocycles. The van der Waals surface area contributed by atoms with E-state index < -0.39 is 0 Å². The Hall–Kier alpha value is -1.55. The third kappa shape index (κ3) is 3.13. The van der Waals surface area contributed by atoms with Gasteiger partial charge >= 0.3 is 0 Å². The molecule has 0 aromatic heterocycles. The number of rotatable bonds is 1. The van der Waals surface area contributed by atoms with Gasteiger partial charge in [0.2, 0.25) is 0 Å². The van der Waals surface area contributed by atoms with Crippen molar-refractivity contribution >= 4 is 56.5 Å². The van der Waals surface area contributed by atoms with E-state index in [1.807, 2.05) is 32.3 Å². The number of fused-ring (bicyclic) bond motifs is 2. The van der Waals surface area contributed by atoms with E-state index in [9.17, 15) is 0 Å². The third-order valence-corrected chi connectivity index (χ3v) is 6.01. The minimum absolute atomic E-state index is 0. The zero-order valence-corrected chi connectivity index (χ0v) is 17.8. The number of likely N-dealkylation sites (N-methyl/N-ethyl adjacent to an activating group) is 1. The zero-order chi connectivity index (χ0) is 17.6. The lowest BCUT2D eigenvalue weighted by Crippen LogP contribution is -2.27. The average molecular weight is 450 g/mol. The summed E-state index contributed by atoms with van der Waals surface area (Å²) in [6.45, 7) is 0.673. The van der Waals surface area contributed by atoms with E-state index >= 15 is 0 Å². The van der Waals surface area contributed by atoms with E-state index in [4.69, 9.17) is 16.6 Å². The number of hydrogen-bond donors (Lipinski definition) is 0. The molecule has 26 heavy (non-hydrogen) atoms. The molecule has 0 aliphatic carbocycles. The first-order valence-electron chi connectivity index (χ1n) is 8.25. The predicted octanol–water partition coefficient (Wildman–Crippen LogP) is 6.36. The molecule has 3 aromatic carbocycles. The van der Waals surface area contributed by atoms with Crippen molar-refractivity contribution in [3.05, 3.63) is 69.2 Å². The van der Waals surface area contributed by atoms with Crippen LogP contribution in [-0.2, 0) is 13.0 Å². The molecule has 134 valence electrons. The summed E-state index contributed by atoms with van der Waals surface area (Å²) < 4.78 is 1.17. The van der Waals surface area contributed by atoms with E-state index in [2.05, 4.69) is 51.2 Å². The fourth-order valence-electron chi connectivity index (χ4n) is 3.52. The summed E-state index contributed by atoms with van der Waals surface area (Å²) in [5, 5.41) is 3.21. The monoisotopic (exact) mass is 448 g/mol. The first-order chi connectivity index (χ1) is 12.1. The van der Waals surface area contributed by atoms with Crippen molar-refractivity contribution in [1.82, 2.24) is 4.90 Å². The predicted molar refractivity (Wildman–Crippen MR) is 118 cm³/mol. The lowest BCUT2D eigenvalue weighted by atomic mass is 9.87. The Morgan fingerprint density at radius 2 is 1.62 bits per heavy atom. The van der Waals surface area contributed by atoms with Gasteiger partial charge in [0.05, 0.1) is 6.54 Å². The van der Waals surface area contributed by atoms with Crippen molar-refractivity contribution in [3.8, 4) is 11.1 Å². The van der Waals surface area contributed by atoms with Gasteiger partial charge in [0, 0.05) is 35.6 Å². The van der Waals surface area contributed by atoms with E-state index in [1.54, 1.807) is 0 Å². The molecule has 1 aliphatic heterocycles. The summed E-state index contributed by atoms with van der Waals surface area (Å²) >= 11 is 10.4. The summed E-state index contributed by atoms with van der Waals surface area (Å²) in [4.78, 5) is 6.91. The van der Waals surface area contributed by atoms with E-state index in [0.29, 0.717) is 6.54 Å². The number of hydrogen-bond acceptors (Lipinski definition) is 2. The molecule has 1 heterocycles. The Morgan fingerprint density at radius 1 is 0.962 bits per heavy atom. The Morgan fingerprint density at radius 3 is 2.31 bits per heavy atom. The molecule has 0 saturated carbocycles. The van der Waals surface area contributed by atoms with Gasteiger partial charge in [0.15, 0.2) is 0 Å². The molecule has 2 nitrogen and oxygen atoms in total. The van der Waals surface area contributed by atoms with Crippen molar-refractivity contribution in [1.29, 1.82) is 0 Å². The molecule has 0 unspecified atom stereocenters. The van der Waals surface area contributed by atoms with Crippen LogP contribution in [0.2, 0.25) is 5.02 Å². The zero-order valence-electron chi connectivity index (χ0n) is 14.6. The van der Waals surface area contributed by atoms with Crippen LogP contribution >= 0.6 is 39.9 Å². The second-order valence-electron chi connectivity index (χ2n) is 6.48. The highest BCUT2D eigenvalue weighted by atomic mass is 79.9. The highest BCUT2D eigenvalue weighted by Gasteiger charge is 2.24. The fourth-order valence-corrected chi connectivity index (χ4v) is 4.47. The lowest BCUT2D eigenvalue weighted by molar-refractivity contribution is 0.599. The SMILES string of the molecule is CN(C)C1=NCc2c(c(Br)c3ccccc3c2-c2ccccc2Cl)C1.Cl. The van der Waals surface area contributed by atoms with Crippen molar-refractivity contribution in [2.45, 2.75) is 13.0 Å². The molecule has 0 amide bonds. The van der Waals surface area contributed by atoms with Gasteiger partial charge in [-0.15, -0.1) is 12.4 Å². The topological polar surface area (TPSA) is 15.6 Å². The van der Waals surface area contributed by atoms with Crippen LogP contribution in [0.1, 0.15) is 11.1 Å². The van der Waals surface area contributed by atoms with Gasteiger partial charge < -0.3 is 4.90 Å². The molecule has 4 rings (SSSR count). The highest BCUT2D eigenvalue weighted by Crippen LogP contribution is 2.43. The quantitative estimate of drug-likeness (QED) is 0.421. The van der Waals surface area contributed by atoms with Crippen LogP contribution in [0.25, 0.3) is 21.9 Å². The van der Waals surface area contributed by atoms with Gasteiger partial charge in [-0.05, 0) is 49.5 Å². The van der Waals surface area contributed by atoms with E-state index in [0.717, 1.165) is 22.8 Å². The molecule has 0 atom stereocenters. The van der Waals surface area contributed by atoms with Crippen LogP contribution in [0.15, 0.2) is 58.0 Å². The molecule has 0 bridgehead atoms. The maximum absolute atomic E-state index is 6.56. The number of benzene rings is 3. The Kier molecular flexibility index (Phi) is 5.61. The first kappa shape index (κ1) is 19.2. The summed E-state index contributed by atoms with van der Waals surface area (Å²) in [6.07, 6.45) is 0.825. The Bertz CT molecular complexity index is 1010. The van der Waals surface area contributed by atoms with Crippen LogP contribution < -0.4 is 0 Å². The molecular formula is C21H19BrCl2N2. The summed E-state index contributed by atoms with van der Waals surface area (Å²) in [7, 11) is 4.10. The van der Waals surface area contributed by atoms with Gasteiger partial charge in [-0.2, -0.15) is 0 Å². The standard InChI is InChI=1S/C21H18BrClN2.ClH/c1-25(2)19-11-16-17(12-24-19)20(15-9-5-6-10-18(15)23)13-7-3-4-8-14(13)21(16)22;/h3-10H,11-12H2,1-2H3;1H. The third-order valence-electron chi connectivity index (χ3n) is 4.78. The largest absolute Gasteiger partial charge is 0.366 e. The van der Waals surface area contributed by atoms with Crippen molar-refractivity contribution in [2.24, 2.45) is 4.99 Å². The van der Waals surface area contributed by atoms with Crippen molar-refractivity contribution < 1.29 is 0 Å². The van der Waals surface area contributed by atoms with Crippen LogP contribution in [0.4, 0.5) is 0 Å². The molecular weight excluding hydrogens is 431 g/mol. The van der Waals surface area contributed by atoms with E-state index in [-0.39, 0.29) is 12.4 Å². The van der Waals surface area contributed by atoms with Crippen LogP contribution in [0, 0.1) is 0 Å². The Balaban J connectivity index is 0.00000196. The number of aliphatic imine (C=N–C) groups is 1. The van der Waals surface area contributed by atoms with Crippen molar-refractivity contribution in [3.63, 3.8) is 0 Å². The molecule has 0 spiro atoms. The number of amidine groups is 1. The van der Waals surface area contributed by atoms with Crippen LogP contribution in [0.5, 0.6) is 0 Å². The second-order valence-corrected chi connectivity index (χ2v) is 7.68. The van der Waals surface area contributed by atoms with Gasteiger partial charge in [0.25, 0.3) is 0 Å². The maximum atomic E-state index is 6.56. The average Bonchev–Trinajstić information content (AvgIpc) is 2.63. The molecule has 5 heteroatoms. The van der Waals surface area contributed by atoms with Crippen LogP contribution in [-0.4, -0.2) is 24.8 Å². The molecule has 0 radical (unpaired) electrons. The minimum atomic E-state index is 0.